The number of benzene rings is 2. The van der Waals surface area contributed by atoms with Crippen molar-refractivity contribution in [1.29, 1.82) is 0 Å². The minimum atomic E-state index is -0.407. The lowest BCUT2D eigenvalue weighted by atomic mass is 9.55. The minimum absolute atomic E-state index is 0.00362. The molecule has 0 spiro atoms. The Morgan fingerprint density at radius 1 is 1.18 bits per heavy atom. The second kappa shape index (κ2) is 8.64. The smallest absolute Gasteiger partial charge is 0.187 e. The van der Waals surface area contributed by atoms with Crippen LogP contribution in [0.2, 0.25) is 0 Å². The van der Waals surface area contributed by atoms with Crippen LogP contribution in [0.15, 0.2) is 60.3 Å². The molecule has 2 aromatic carbocycles. The molecule has 3 aliphatic carbocycles. The summed E-state index contributed by atoms with van der Waals surface area (Å²) < 4.78 is 5.45. The molecule has 0 amide bonds. The number of carbonyl (C=O) groups excluding carboxylic acids is 1. The zero-order valence-electron chi connectivity index (χ0n) is 19.9. The zero-order chi connectivity index (χ0) is 23.2. The molecule has 3 aliphatic rings. The number of aliphatic hydroxyl groups excluding tert-OH is 1. The molecule has 0 saturated heterocycles. The summed E-state index contributed by atoms with van der Waals surface area (Å²) in [6, 6.07) is 15.9. The van der Waals surface area contributed by atoms with E-state index >= 15 is 0 Å². The number of methoxy groups -OCH3 is 1. The van der Waals surface area contributed by atoms with Crippen molar-refractivity contribution in [2.75, 3.05) is 7.11 Å². The van der Waals surface area contributed by atoms with Crippen molar-refractivity contribution in [2.45, 2.75) is 64.0 Å². The summed E-state index contributed by atoms with van der Waals surface area (Å²) in [6.07, 6.45) is 6.63. The molecule has 5 rings (SSSR count). The summed E-state index contributed by atoms with van der Waals surface area (Å²) in [4.78, 5) is 12.6. The third kappa shape index (κ3) is 3.89. The van der Waals surface area contributed by atoms with Crippen molar-refractivity contribution in [1.82, 2.24) is 5.32 Å². The molecule has 4 heteroatoms. The molecule has 0 aliphatic heterocycles. The van der Waals surface area contributed by atoms with Crippen molar-refractivity contribution < 1.29 is 14.6 Å². The van der Waals surface area contributed by atoms with E-state index in [1.165, 1.54) is 17.5 Å². The molecule has 0 bridgehead atoms. The highest BCUT2D eigenvalue weighted by atomic mass is 16.5. The average molecular weight is 446 g/mol. The van der Waals surface area contributed by atoms with Crippen LogP contribution in [0.25, 0.3) is 0 Å². The number of nitrogens with one attached hydrogen (secondary N) is 1. The number of ether oxygens (including phenoxy) is 1. The predicted octanol–water partition coefficient (Wildman–Crippen LogP) is 5.27. The first-order chi connectivity index (χ1) is 15.9. The Morgan fingerprint density at radius 2 is 1.97 bits per heavy atom. The lowest BCUT2D eigenvalue weighted by Gasteiger charge is -2.50. The van der Waals surface area contributed by atoms with Gasteiger partial charge in [0.25, 0.3) is 0 Å². The Labute approximate surface area is 197 Å². The Kier molecular flexibility index (Phi) is 5.82. The molecule has 2 N–H and O–H groups in total. The normalized spacial score (nSPS) is 33.0. The second-order valence-corrected chi connectivity index (χ2v) is 10.5. The molecule has 0 unspecified atom stereocenters. The van der Waals surface area contributed by atoms with Gasteiger partial charge in [0.15, 0.2) is 5.78 Å². The van der Waals surface area contributed by atoms with E-state index in [0.717, 1.165) is 37.1 Å². The van der Waals surface area contributed by atoms with Gasteiger partial charge < -0.3 is 15.2 Å². The van der Waals surface area contributed by atoms with E-state index in [1.807, 2.05) is 37.3 Å². The third-order valence-electron chi connectivity index (χ3n) is 8.75. The highest BCUT2D eigenvalue weighted by Gasteiger charge is 2.58. The number of rotatable bonds is 5. The van der Waals surface area contributed by atoms with Crippen molar-refractivity contribution in [3.63, 3.8) is 0 Å². The highest BCUT2D eigenvalue weighted by molar-refractivity contribution is 6.04. The van der Waals surface area contributed by atoms with E-state index in [2.05, 4.69) is 30.4 Å². The summed E-state index contributed by atoms with van der Waals surface area (Å²) in [7, 11) is 1.73. The van der Waals surface area contributed by atoms with Crippen LogP contribution in [0.3, 0.4) is 0 Å². The minimum Gasteiger partial charge on any atom is -0.497 e. The molecule has 4 nitrogen and oxygen atoms in total. The Morgan fingerprint density at radius 3 is 2.73 bits per heavy atom. The number of carbonyl (C=O) groups is 1. The van der Waals surface area contributed by atoms with E-state index < -0.39 is 6.10 Å². The van der Waals surface area contributed by atoms with Crippen LogP contribution in [0.5, 0.6) is 5.75 Å². The van der Waals surface area contributed by atoms with Crippen LogP contribution in [0.1, 0.15) is 66.9 Å². The predicted molar refractivity (Wildman–Crippen MR) is 130 cm³/mol. The topological polar surface area (TPSA) is 58.6 Å². The van der Waals surface area contributed by atoms with Gasteiger partial charge in [-0.15, -0.1) is 0 Å². The number of ketones is 1. The fourth-order valence-corrected chi connectivity index (χ4v) is 7.06. The molecule has 2 saturated carbocycles. The summed E-state index contributed by atoms with van der Waals surface area (Å²) in [5.41, 5.74) is 4.36. The third-order valence-corrected chi connectivity index (χ3v) is 8.75. The van der Waals surface area contributed by atoms with E-state index in [4.69, 9.17) is 4.74 Å². The molecule has 6 atom stereocenters. The van der Waals surface area contributed by atoms with Crippen LogP contribution in [-0.2, 0) is 6.42 Å². The average Bonchev–Trinajstić information content (AvgIpc) is 3.09. The van der Waals surface area contributed by atoms with Gasteiger partial charge in [-0.3, -0.25) is 4.79 Å². The van der Waals surface area contributed by atoms with Gasteiger partial charge in [0, 0.05) is 17.3 Å². The Bertz CT molecular complexity index is 1060. The van der Waals surface area contributed by atoms with Gasteiger partial charge in [0.2, 0.25) is 0 Å². The SMILES string of the molecule is COc1ccc2c(c1)CC[C@@H]1[C@@H]2CC[C@]2(C)[C@@H](O)[C@H](N/C(C)=C/C(=O)c3ccccc3)C[C@@H]12. The molecule has 0 heterocycles. The molecule has 0 radical (unpaired) electrons. The molecule has 2 aromatic rings. The molecular formula is C29H35NO3. The first-order valence-corrected chi connectivity index (χ1v) is 12.3. The number of allylic oxidation sites excluding steroid dienone is 2. The molecule has 0 aromatic heterocycles. The number of aryl methyl sites for hydroxylation is 1. The first-order valence-electron chi connectivity index (χ1n) is 12.3. The van der Waals surface area contributed by atoms with Gasteiger partial charge in [-0.1, -0.05) is 43.3 Å². The number of fused-ring (bicyclic) bond motifs is 5. The largest absolute Gasteiger partial charge is 0.497 e. The van der Waals surface area contributed by atoms with Gasteiger partial charge in [0.05, 0.1) is 19.3 Å². The monoisotopic (exact) mass is 445 g/mol. The first kappa shape index (κ1) is 22.2. The second-order valence-electron chi connectivity index (χ2n) is 10.5. The molecule has 33 heavy (non-hydrogen) atoms. The van der Waals surface area contributed by atoms with E-state index in [1.54, 1.807) is 13.2 Å². The zero-order valence-corrected chi connectivity index (χ0v) is 19.9. The Balaban J connectivity index is 1.33. The Hall–Kier alpha value is -2.59. The highest BCUT2D eigenvalue weighted by Crippen LogP contribution is 2.61. The molecular weight excluding hydrogens is 410 g/mol. The lowest BCUT2D eigenvalue weighted by Crippen LogP contribution is -2.46. The molecule has 174 valence electrons. The fourth-order valence-electron chi connectivity index (χ4n) is 7.06. The number of hydrogen-bond donors (Lipinski definition) is 2. The van der Waals surface area contributed by atoms with Crippen LogP contribution < -0.4 is 10.1 Å². The maximum atomic E-state index is 12.6. The maximum absolute atomic E-state index is 12.6. The fraction of sp³-hybridized carbons (Fsp3) is 0.483. The quantitative estimate of drug-likeness (QED) is 0.486. The summed E-state index contributed by atoms with van der Waals surface area (Å²) in [6.45, 7) is 4.23. The maximum Gasteiger partial charge on any atom is 0.187 e. The van der Waals surface area contributed by atoms with Crippen LogP contribution >= 0.6 is 0 Å². The van der Waals surface area contributed by atoms with Crippen LogP contribution in [-0.4, -0.2) is 30.1 Å². The van der Waals surface area contributed by atoms with Crippen LogP contribution in [0.4, 0.5) is 0 Å². The van der Waals surface area contributed by atoms with E-state index in [9.17, 15) is 9.90 Å². The summed E-state index contributed by atoms with van der Waals surface area (Å²) in [5, 5.41) is 14.9. The van der Waals surface area contributed by atoms with Gasteiger partial charge >= 0.3 is 0 Å². The van der Waals surface area contributed by atoms with Gasteiger partial charge in [-0.2, -0.15) is 0 Å². The van der Waals surface area contributed by atoms with E-state index in [0.29, 0.717) is 23.3 Å². The van der Waals surface area contributed by atoms with Gasteiger partial charge in [-0.25, -0.2) is 0 Å². The van der Waals surface area contributed by atoms with E-state index in [-0.39, 0.29) is 17.2 Å². The summed E-state index contributed by atoms with van der Waals surface area (Å²) >= 11 is 0. The van der Waals surface area contributed by atoms with Crippen molar-refractivity contribution in [3.8, 4) is 5.75 Å². The standard InChI is InChI=1S/C29H35NO3/c1-18(15-27(31)19-7-5-4-6-8-19)30-26-17-25-24-11-9-20-16-21(33-3)10-12-22(20)23(24)13-14-29(25,2)28(26)32/h4-8,10,12,15-16,23-26,28,30,32H,9,11,13-14,17H2,1-3H3/b18-15+/t23-,24-,25+,26-,28+,29+/m1/s1. The van der Waals surface area contributed by atoms with Gasteiger partial charge in [-0.05, 0) is 85.5 Å². The van der Waals surface area contributed by atoms with Crippen molar-refractivity contribution in [3.05, 3.63) is 77.0 Å². The number of hydrogen-bond acceptors (Lipinski definition) is 4. The summed E-state index contributed by atoms with van der Waals surface area (Å²) in [5.74, 6) is 2.59. The van der Waals surface area contributed by atoms with Crippen molar-refractivity contribution >= 4 is 5.78 Å². The number of aliphatic hydroxyl groups is 1. The van der Waals surface area contributed by atoms with Gasteiger partial charge in [0.1, 0.15) is 5.75 Å². The van der Waals surface area contributed by atoms with Crippen molar-refractivity contribution in [2.24, 2.45) is 17.3 Å². The lowest BCUT2D eigenvalue weighted by molar-refractivity contribution is -0.0273. The molecule has 2 fully saturated rings. The van der Waals surface area contributed by atoms with Crippen LogP contribution in [0, 0.1) is 17.3 Å².